The SMILES string of the molecule is CC(C)CNCc1c(NCC(C)C)cc2c(c1O)C(=O)C1=C(O)[C@@H]3C(=O)C(C(N)=O)=C(O)[C@@H](N(C)C)[C@@H]3C[C@@H]1C2. The predicted octanol–water partition coefficient (Wildman–Crippen LogP) is 2.82. The van der Waals surface area contributed by atoms with Crippen molar-refractivity contribution >= 4 is 23.2 Å². The van der Waals surface area contributed by atoms with Crippen molar-refractivity contribution in [3.8, 4) is 5.75 Å². The highest BCUT2D eigenvalue weighted by Gasteiger charge is 2.54. The van der Waals surface area contributed by atoms with E-state index in [1.807, 2.05) is 6.07 Å². The Hall–Kier alpha value is -3.37. The molecule has 40 heavy (non-hydrogen) atoms. The molecule has 0 spiro atoms. The number of phenolic OH excluding ortho intramolecular Hbond substituents is 1. The molecule has 1 aromatic carbocycles. The van der Waals surface area contributed by atoms with Crippen LogP contribution >= 0.6 is 0 Å². The van der Waals surface area contributed by atoms with Crippen LogP contribution < -0.4 is 16.4 Å². The van der Waals surface area contributed by atoms with E-state index < -0.39 is 58.4 Å². The van der Waals surface area contributed by atoms with Gasteiger partial charge < -0.3 is 31.7 Å². The van der Waals surface area contributed by atoms with Crippen LogP contribution in [0.3, 0.4) is 0 Å². The highest BCUT2D eigenvalue weighted by molar-refractivity contribution is 6.22. The lowest BCUT2D eigenvalue weighted by molar-refractivity contribution is -0.127. The summed E-state index contributed by atoms with van der Waals surface area (Å²) in [6.07, 6.45) is 0.696. The van der Waals surface area contributed by atoms with E-state index in [2.05, 4.69) is 38.3 Å². The molecule has 0 aromatic heterocycles. The van der Waals surface area contributed by atoms with Crippen molar-refractivity contribution in [3.63, 3.8) is 0 Å². The molecule has 0 fully saturated rings. The van der Waals surface area contributed by atoms with Crippen LogP contribution in [-0.4, -0.2) is 70.9 Å². The number of anilines is 1. The molecule has 0 bridgehead atoms. The van der Waals surface area contributed by atoms with Crippen molar-refractivity contribution in [2.24, 2.45) is 35.3 Å². The molecule has 7 N–H and O–H groups in total. The van der Waals surface area contributed by atoms with E-state index in [4.69, 9.17) is 5.73 Å². The minimum atomic E-state index is -1.19. The number of benzene rings is 1. The lowest BCUT2D eigenvalue weighted by atomic mass is 9.61. The summed E-state index contributed by atoms with van der Waals surface area (Å²) >= 11 is 0. The third-order valence-corrected chi connectivity index (χ3v) is 8.22. The average Bonchev–Trinajstić information content (AvgIpc) is 2.82. The van der Waals surface area contributed by atoms with Gasteiger partial charge in [-0.05, 0) is 68.8 Å². The first-order valence-electron chi connectivity index (χ1n) is 14.0. The van der Waals surface area contributed by atoms with E-state index in [-0.39, 0.29) is 16.9 Å². The Labute approximate surface area is 235 Å². The van der Waals surface area contributed by atoms with Crippen LogP contribution in [0.4, 0.5) is 5.69 Å². The zero-order valence-electron chi connectivity index (χ0n) is 24.2. The number of likely N-dealkylation sites (N-methyl/N-ethyl adjacent to an activating group) is 1. The summed E-state index contributed by atoms with van der Waals surface area (Å²) in [5.41, 5.74) is 7.12. The molecule has 3 aliphatic carbocycles. The summed E-state index contributed by atoms with van der Waals surface area (Å²) < 4.78 is 0. The monoisotopic (exact) mass is 554 g/mol. The zero-order chi connectivity index (χ0) is 29.6. The number of aliphatic hydroxyl groups is 2. The highest BCUT2D eigenvalue weighted by Crippen LogP contribution is 2.51. The zero-order valence-corrected chi connectivity index (χ0v) is 24.2. The van der Waals surface area contributed by atoms with E-state index in [1.165, 1.54) is 0 Å². The van der Waals surface area contributed by atoms with Crippen LogP contribution in [0.1, 0.15) is 55.6 Å². The van der Waals surface area contributed by atoms with E-state index in [0.29, 0.717) is 48.9 Å². The van der Waals surface area contributed by atoms with Gasteiger partial charge in [0.25, 0.3) is 5.91 Å². The molecule has 0 heterocycles. The number of hydrogen-bond donors (Lipinski definition) is 6. The molecule has 0 unspecified atom stereocenters. The molecular weight excluding hydrogens is 512 g/mol. The van der Waals surface area contributed by atoms with Crippen molar-refractivity contribution in [2.45, 2.75) is 53.1 Å². The molecule has 4 rings (SSSR count). The number of fused-ring (bicyclic) bond motifs is 3. The summed E-state index contributed by atoms with van der Waals surface area (Å²) in [5.74, 6) is -4.76. The number of Topliss-reactive ketones (excluding diaryl/α,β-unsaturated/α-hetero) is 2. The van der Waals surface area contributed by atoms with Gasteiger partial charge in [-0.2, -0.15) is 0 Å². The Balaban J connectivity index is 1.82. The fourth-order valence-corrected chi connectivity index (χ4v) is 6.50. The molecule has 1 aromatic rings. The first-order valence-corrected chi connectivity index (χ1v) is 14.0. The maximum absolute atomic E-state index is 14.0. The fraction of sp³-hybridized carbons (Fsp3) is 0.567. The van der Waals surface area contributed by atoms with Crippen molar-refractivity contribution in [1.82, 2.24) is 10.2 Å². The van der Waals surface area contributed by atoms with Crippen LogP contribution in [0.15, 0.2) is 28.7 Å². The maximum Gasteiger partial charge on any atom is 0.255 e. The van der Waals surface area contributed by atoms with Gasteiger partial charge in [-0.15, -0.1) is 0 Å². The molecule has 0 saturated carbocycles. The number of carbonyl (C=O) groups is 3. The van der Waals surface area contributed by atoms with Crippen LogP contribution in [0, 0.1) is 29.6 Å². The minimum absolute atomic E-state index is 0.0871. The maximum atomic E-state index is 14.0. The molecule has 10 nitrogen and oxygen atoms in total. The van der Waals surface area contributed by atoms with Gasteiger partial charge in [0, 0.05) is 29.9 Å². The number of aromatic hydroxyl groups is 1. The molecule has 218 valence electrons. The highest BCUT2D eigenvalue weighted by atomic mass is 16.3. The van der Waals surface area contributed by atoms with Gasteiger partial charge in [-0.25, -0.2) is 0 Å². The summed E-state index contributed by atoms with van der Waals surface area (Å²) in [6, 6.07) is 1.18. The molecule has 1 amide bonds. The molecule has 10 heteroatoms. The van der Waals surface area contributed by atoms with Crippen LogP contribution in [0.2, 0.25) is 0 Å². The number of ketones is 2. The number of phenols is 1. The number of rotatable bonds is 9. The third-order valence-electron chi connectivity index (χ3n) is 8.22. The Kier molecular flexibility index (Phi) is 8.33. The van der Waals surface area contributed by atoms with Gasteiger partial charge >= 0.3 is 0 Å². The Morgan fingerprint density at radius 1 is 1.07 bits per heavy atom. The van der Waals surface area contributed by atoms with Crippen molar-refractivity contribution in [1.29, 1.82) is 0 Å². The number of amides is 1. The molecule has 3 aliphatic rings. The van der Waals surface area contributed by atoms with E-state index in [0.717, 1.165) is 12.2 Å². The van der Waals surface area contributed by atoms with Crippen molar-refractivity contribution < 1.29 is 29.7 Å². The molecule has 0 radical (unpaired) electrons. The molecule has 4 atom stereocenters. The first-order chi connectivity index (χ1) is 18.8. The quantitative estimate of drug-likeness (QED) is 0.252. The standard InChI is InChI=1S/C30H42N4O6/c1-13(2)10-32-12-18-19(33-11-14(3)4)9-16-7-15-8-17-22(27(37)21(15)26(36)20(16)25(18)35)28(38)23(30(31)40)29(39)24(17)34(5)6/h9,13-15,17,22,24,32-33,35,37,39H,7-8,10-12H2,1-6H3,(H2,31,40)/t15-,17+,22+,24-/m0/s1. The number of hydrogen-bond acceptors (Lipinski definition) is 9. The number of nitrogens with one attached hydrogen (secondary N) is 2. The van der Waals surface area contributed by atoms with Gasteiger partial charge in [-0.3, -0.25) is 19.3 Å². The van der Waals surface area contributed by atoms with Crippen LogP contribution in [0.5, 0.6) is 5.75 Å². The van der Waals surface area contributed by atoms with Crippen molar-refractivity contribution in [2.75, 3.05) is 32.5 Å². The second kappa shape index (κ2) is 11.2. The molecular formula is C30H42N4O6. The fourth-order valence-electron chi connectivity index (χ4n) is 6.50. The second-order valence-corrected chi connectivity index (χ2v) is 12.4. The number of aliphatic hydroxyl groups excluding tert-OH is 2. The van der Waals surface area contributed by atoms with Crippen molar-refractivity contribution in [3.05, 3.63) is 45.4 Å². The number of allylic oxidation sites excluding steroid dienone is 2. The Morgan fingerprint density at radius 3 is 2.30 bits per heavy atom. The molecule has 0 aliphatic heterocycles. The first kappa shape index (κ1) is 29.6. The summed E-state index contributed by atoms with van der Waals surface area (Å²) in [6.45, 7) is 10.1. The van der Waals surface area contributed by atoms with E-state index in [9.17, 15) is 29.7 Å². The second-order valence-electron chi connectivity index (χ2n) is 12.4. The van der Waals surface area contributed by atoms with E-state index in [1.54, 1.807) is 19.0 Å². The smallest absolute Gasteiger partial charge is 0.255 e. The number of nitrogens with two attached hydrogens (primary N) is 1. The largest absolute Gasteiger partial charge is 0.511 e. The minimum Gasteiger partial charge on any atom is -0.511 e. The normalized spacial score (nSPS) is 24.5. The van der Waals surface area contributed by atoms with E-state index >= 15 is 0 Å². The Morgan fingerprint density at radius 2 is 1.73 bits per heavy atom. The average molecular weight is 555 g/mol. The summed E-state index contributed by atoms with van der Waals surface area (Å²) in [4.78, 5) is 41.2. The number of primary amides is 1. The van der Waals surface area contributed by atoms with Gasteiger partial charge in [0.2, 0.25) is 0 Å². The van der Waals surface area contributed by atoms with Gasteiger partial charge in [0.05, 0.1) is 17.5 Å². The number of carbonyl (C=O) groups excluding carboxylic acids is 3. The lowest BCUT2D eigenvalue weighted by Gasteiger charge is -2.46. The lowest BCUT2D eigenvalue weighted by Crippen LogP contribution is -2.53. The topological polar surface area (TPSA) is 165 Å². The summed E-state index contributed by atoms with van der Waals surface area (Å²) in [5, 5.41) is 40.6. The van der Waals surface area contributed by atoms with Crippen LogP contribution in [-0.2, 0) is 22.6 Å². The third kappa shape index (κ3) is 5.10. The molecule has 0 saturated heterocycles. The predicted molar refractivity (Wildman–Crippen MR) is 152 cm³/mol. The van der Waals surface area contributed by atoms with Gasteiger partial charge in [0.15, 0.2) is 11.6 Å². The Bertz CT molecular complexity index is 1300. The number of nitrogens with zero attached hydrogens (tertiary/aromatic N) is 1. The summed E-state index contributed by atoms with van der Waals surface area (Å²) in [7, 11) is 3.42. The van der Waals surface area contributed by atoms with Gasteiger partial charge in [-0.1, -0.05) is 27.7 Å². The van der Waals surface area contributed by atoms with Gasteiger partial charge in [0.1, 0.15) is 22.8 Å². The van der Waals surface area contributed by atoms with Crippen LogP contribution in [0.25, 0.3) is 0 Å².